The maximum absolute atomic E-state index is 11.4. The molecule has 0 atom stereocenters. The molecule has 0 aromatic heterocycles. The van der Waals surface area contributed by atoms with Crippen molar-refractivity contribution in [2.75, 3.05) is 19.6 Å². The molecule has 29 heavy (non-hydrogen) atoms. The van der Waals surface area contributed by atoms with E-state index in [0.717, 1.165) is 53.8 Å². The molecule has 156 valence electrons. The van der Waals surface area contributed by atoms with Crippen molar-refractivity contribution in [3.05, 3.63) is 63.1 Å². The molecule has 3 rings (SSSR count). The molecule has 0 bridgehead atoms. The minimum Gasteiger partial charge on any atom is -0.489 e. The van der Waals surface area contributed by atoms with E-state index >= 15 is 0 Å². The molecule has 1 N–H and O–H groups in total. The summed E-state index contributed by atoms with van der Waals surface area (Å²) in [6.07, 6.45) is 0.889. The first-order valence-electron chi connectivity index (χ1n) is 9.84. The van der Waals surface area contributed by atoms with Crippen molar-refractivity contribution in [1.82, 2.24) is 9.80 Å². The summed E-state index contributed by atoms with van der Waals surface area (Å²) in [4.78, 5) is 15.3. The van der Waals surface area contributed by atoms with Crippen molar-refractivity contribution in [3.8, 4) is 5.75 Å². The van der Waals surface area contributed by atoms with Crippen LogP contribution in [-0.4, -0.2) is 46.7 Å². The van der Waals surface area contributed by atoms with E-state index in [9.17, 15) is 9.90 Å². The van der Waals surface area contributed by atoms with Gasteiger partial charge in [0.1, 0.15) is 12.4 Å². The van der Waals surface area contributed by atoms with E-state index in [1.165, 1.54) is 0 Å². The van der Waals surface area contributed by atoms with Crippen LogP contribution in [0.1, 0.15) is 30.9 Å². The van der Waals surface area contributed by atoms with Gasteiger partial charge in [0.25, 0.3) is 0 Å². The second-order valence-corrected chi connectivity index (χ2v) is 8.60. The Kier molecular flexibility index (Phi) is 7.81. The van der Waals surface area contributed by atoms with E-state index in [1.54, 1.807) is 4.90 Å². The molecular weight excluding hydrogens is 456 g/mol. The predicted octanol–water partition coefficient (Wildman–Crippen LogP) is 5.65. The Labute approximate surface area is 185 Å². The second kappa shape index (κ2) is 10.3. The lowest BCUT2D eigenvalue weighted by Gasteiger charge is -2.37. The van der Waals surface area contributed by atoms with Crippen LogP contribution in [0.3, 0.4) is 0 Å². The summed E-state index contributed by atoms with van der Waals surface area (Å²) in [6.45, 7) is 5.44. The Morgan fingerprint density at radius 3 is 2.55 bits per heavy atom. The zero-order chi connectivity index (χ0) is 20.8. The SMILES string of the molecule is CCN(C(=O)O)C1CCN(Cc2cc(Br)ccc2OCc2ccc(Cl)cc2)CC1. The van der Waals surface area contributed by atoms with Crippen LogP contribution in [-0.2, 0) is 13.2 Å². The number of carboxylic acid groups (broad SMARTS) is 1. The number of hydrogen-bond acceptors (Lipinski definition) is 3. The molecule has 7 heteroatoms. The van der Waals surface area contributed by atoms with Crippen LogP contribution < -0.4 is 4.74 Å². The number of carbonyl (C=O) groups is 1. The maximum Gasteiger partial charge on any atom is 0.407 e. The summed E-state index contributed by atoms with van der Waals surface area (Å²) in [5.41, 5.74) is 2.19. The summed E-state index contributed by atoms with van der Waals surface area (Å²) in [5, 5.41) is 10.1. The first-order chi connectivity index (χ1) is 14.0. The van der Waals surface area contributed by atoms with Crippen molar-refractivity contribution in [3.63, 3.8) is 0 Å². The van der Waals surface area contributed by atoms with Crippen molar-refractivity contribution < 1.29 is 14.6 Å². The molecule has 2 aromatic rings. The average molecular weight is 482 g/mol. The summed E-state index contributed by atoms with van der Waals surface area (Å²) >= 11 is 9.51. The van der Waals surface area contributed by atoms with Crippen LogP contribution in [0.5, 0.6) is 5.75 Å². The Morgan fingerprint density at radius 1 is 1.24 bits per heavy atom. The minimum atomic E-state index is -0.823. The van der Waals surface area contributed by atoms with Gasteiger partial charge in [-0.3, -0.25) is 4.90 Å². The van der Waals surface area contributed by atoms with Gasteiger partial charge < -0.3 is 14.7 Å². The van der Waals surface area contributed by atoms with E-state index in [0.29, 0.717) is 18.2 Å². The van der Waals surface area contributed by atoms with Crippen LogP contribution in [0.15, 0.2) is 46.9 Å². The quantitative estimate of drug-likeness (QED) is 0.555. The number of halogens is 2. The molecule has 0 spiro atoms. The number of benzene rings is 2. The summed E-state index contributed by atoms with van der Waals surface area (Å²) in [7, 11) is 0. The fraction of sp³-hybridized carbons (Fsp3) is 0.409. The number of piperidine rings is 1. The number of ether oxygens (including phenoxy) is 1. The molecule has 2 aromatic carbocycles. The lowest BCUT2D eigenvalue weighted by Crippen LogP contribution is -2.46. The Bertz CT molecular complexity index is 823. The molecule has 1 aliphatic rings. The number of nitrogens with zero attached hydrogens (tertiary/aromatic N) is 2. The molecule has 0 radical (unpaired) electrons. The van der Waals surface area contributed by atoms with Crippen LogP contribution in [0.25, 0.3) is 0 Å². The van der Waals surface area contributed by atoms with Gasteiger partial charge in [0.05, 0.1) is 0 Å². The number of rotatable bonds is 7. The lowest BCUT2D eigenvalue weighted by atomic mass is 10.0. The zero-order valence-electron chi connectivity index (χ0n) is 16.5. The van der Waals surface area contributed by atoms with Gasteiger partial charge in [0, 0.05) is 47.3 Å². The highest BCUT2D eigenvalue weighted by atomic mass is 79.9. The molecule has 1 aliphatic heterocycles. The average Bonchev–Trinajstić information content (AvgIpc) is 2.70. The molecule has 5 nitrogen and oxygen atoms in total. The van der Waals surface area contributed by atoms with E-state index < -0.39 is 6.09 Å². The third-order valence-corrected chi connectivity index (χ3v) is 6.05. The molecular formula is C22H26BrClN2O3. The van der Waals surface area contributed by atoms with Gasteiger partial charge in [-0.2, -0.15) is 0 Å². The first-order valence-corrected chi connectivity index (χ1v) is 11.0. The maximum atomic E-state index is 11.4. The number of amides is 1. The third kappa shape index (κ3) is 6.11. The largest absolute Gasteiger partial charge is 0.489 e. The van der Waals surface area contributed by atoms with E-state index in [2.05, 4.69) is 26.9 Å². The summed E-state index contributed by atoms with van der Waals surface area (Å²) < 4.78 is 7.11. The molecule has 1 heterocycles. The first kappa shape index (κ1) is 21.9. The van der Waals surface area contributed by atoms with Gasteiger partial charge in [-0.25, -0.2) is 4.79 Å². The van der Waals surface area contributed by atoms with E-state index in [1.807, 2.05) is 43.3 Å². The molecule has 1 amide bonds. The lowest BCUT2D eigenvalue weighted by molar-refractivity contribution is 0.0914. The number of hydrogen-bond donors (Lipinski definition) is 1. The fourth-order valence-electron chi connectivity index (χ4n) is 3.73. The second-order valence-electron chi connectivity index (χ2n) is 7.24. The standard InChI is InChI=1S/C22H26BrClN2O3/c1-2-26(22(27)28)20-9-11-25(12-10-20)14-17-13-18(23)5-8-21(17)29-15-16-3-6-19(24)7-4-16/h3-8,13,20H,2,9-12,14-15H2,1H3,(H,27,28). The monoisotopic (exact) mass is 480 g/mol. The number of likely N-dealkylation sites (tertiary alicyclic amines) is 1. The smallest absolute Gasteiger partial charge is 0.407 e. The minimum absolute atomic E-state index is 0.108. The topological polar surface area (TPSA) is 53.0 Å². The highest BCUT2D eigenvalue weighted by molar-refractivity contribution is 9.10. The van der Waals surface area contributed by atoms with Crippen molar-refractivity contribution in [1.29, 1.82) is 0 Å². The van der Waals surface area contributed by atoms with Gasteiger partial charge in [-0.05, 0) is 55.7 Å². The third-order valence-electron chi connectivity index (χ3n) is 5.31. The highest BCUT2D eigenvalue weighted by Crippen LogP contribution is 2.27. The van der Waals surface area contributed by atoms with Gasteiger partial charge in [0.15, 0.2) is 0 Å². The van der Waals surface area contributed by atoms with Crippen molar-refractivity contribution in [2.24, 2.45) is 0 Å². The molecule has 1 fully saturated rings. The Hall–Kier alpha value is -1.76. The van der Waals surface area contributed by atoms with Crippen molar-refractivity contribution >= 4 is 33.6 Å². The van der Waals surface area contributed by atoms with Crippen LogP contribution in [0, 0.1) is 0 Å². The van der Waals surface area contributed by atoms with E-state index in [4.69, 9.17) is 16.3 Å². The van der Waals surface area contributed by atoms with Gasteiger partial charge in [0.2, 0.25) is 0 Å². The Balaban J connectivity index is 1.61. The van der Waals surface area contributed by atoms with Gasteiger partial charge in [-0.1, -0.05) is 39.7 Å². The fourth-order valence-corrected chi connectivity index (χ4v) is 4.27. The zero-order valence-corrected chi connectivity index (χ0v) is 18.8. The van der Waals surface area contributed by atoms with Crippen LogP contribution in [0.2, 0.25) is 5.02 Å². The van der Waals surface area contributed by atoms with Crippen LogP contribution in [0.4, 0.5) is 4.79 Å². The molecule has 0 unspecified atom stereocenters. The van der Waals surface area contributed by atoms with Crippen LogP contribution >= 0.6 is 27.5 Å². The van der Waals surface area contributed by atoms with Gasteiger partial charge in [-0.15, -0.1) is 0 Å². The normalized spacial score (nSPS) is 15.3. The van der Waals surface area contributed by atoms with E-state index in [-0.39, 0.29) is 6.04 Å². The highest BCUT2D eigenvalue weighted by Gasteiger charge is 2.27. The molecule has 0 aliphatic carbocycles. The molecule has 1 saturated heterocycles. The predicted molar refractivity (Wildman–Crippen MR) is 119 cm³/mol. The summed E-state index contributed by atoms with van der Waals surface area (Å²) in [6, 6.07) is 13.8. The van der Waals surface area contributed by atoms with Crippen molar-refractivity contribution in [2.45, 2.75) is 39.0 Å². The Morgan fingerprint density at radius 2 is 1.93 bits per heavy atom. The van der Waals surface area contributed by atoms with Gasteiger partial charge >= 0.3 is 6.09 Å². The molecule has 0 saturated carbocycles. The summed E-state index contributed by atoms with van der Waals surface area (Å²) in [5.74, 6) is 0.867.